The number of nitrogens with zero attached hydrogens (tertiary/aromatic N) is 1. The number of aromatic nitrogens is 1. The van der Waals surface area contributed by atoms with Gasteiger partial charge >= 0.3 is 5.97 Å². The highest BCUT2D eigenvalue weighted by Crippen LogP contribution is 2.26. The number of amides is 1. The zero-order chi connectivity index (χ0) is 22.1. The lowest BCUT2D eigenvalue weighted by Gasteiger charge is -2.17. The number of nitrogens with one attached hydrogen (secondary N) is 2. The maximum Gasteiger partial charge on any atom is 0.326 e. The van der Waals surface area contributed by atoms with E-state index in [1.165, 1.54) is 0 Å². The average molecular weight is 436 g/mol. The molecule has 1 heterocycles. The van der Waals surface area contributed by atoms with Crippen LogP contribution in [0, 0.1) is 0 Å². The van der Waals surface area contributed by atoms with Gasteiger partial charge < -0.3 is 15.7 Å². The summed E-state index contributed by atoms with van der Waals surface area (Å²) in [4.78, 5) is 28.7. The van der Waals surface area contributed by atoms with Crippen LogP contribution in [0.3, 0.4) is 0 Å². The number of carbonyl (C=O) groups excluding carboxylic acids is 1. The molecule has 7 heteroatoms. The Kier molecular flexibility index (Phi) is 8.06. The van der Waals surface area contributed by atoms with Crippen molar-refractivity contribution < 1.29 is 14.7 Å². The SMILES string of the molecule is CSCC[C@@H](NC(=O)c1ccc(CNc2cccnc2)cc1-c1ccccc1)C(=O)O. The van der Waals surface area contributed by atoms with Gasteiger partial charge in [0.15, 0.2) is 0 Å². The van der Waals surface area contributed by atoms with Crippen molar-refractivity contribution in [2.75, 3.05) is 17.3 Å². The summed E-state index contributed by atoms with van der Waals surface area (Å²) >= 11 is 1.55. The number of hydrogen-bond acceptors (Lipinski definition) is 5. The van der Waals surface area contributed by atoms with E-state index in [1.54, 1.807) is 30.2 Å². The highest BCUT2D eigenvalue weighted by Gasteiger charge is 2.22. The highest BCUT2D eigenvalue weighted by molar-refractivity contribution is 7.98. The fourth-order valence-corrected chi connectivity index (χ4v) is 3.63. The zero-order valence-corrected chi connectivity index (χ0v) is 18.1. The Morgan fingerprint density at radius 1 is 1.10 bits per heavy atom. The molecule has 3 N–H and O–H groups in total. The molecule has 0 aliphatic heterocycles. The minimum absolute atomic E-state index is 0.371. The minimum atomic E-state index is -1.03. The number of carboxylic acid groups (broad SMARTS) is 1. The van der Waals surface area contributed by atoms with Crippen LogP contribution in [-0.4, -0.2) is 40.0 Å². The maximum absolute atomic E-state index is 13.0. The molecule has 0 aliphatic rings. The number of carboxylic acids is 1. The van der Waals surface area contributed by atoms with Gasteiger partial charge in [0.25, 0.3) is 5.91 Å². The lowest BCUT2D eigenvalue weighted by molar-refractivity contribution is -0.139. The lowest BCUT2D eigenvalue weighted by atomic mass is 9.96. The molecule has 0 aliphatic carbocycles. The monoisotopic (exact) mass is 435 g/mol. The van der Waals surface area contributed by atoms with Crippen molar-refractivity contribution in [2.24, 2.45) is 0 Å². The Morgan fingerprint density at radius 2 is 1.90 bits per heavy atom. The molecule has 0 saturated heterocycles. The number of carbonyl (C=O) groups is 2. The zero-order valence-electron chi connectivity index (χ0n) is 17.2. The van der Waals surface area contributed by atoms with E-state index in [9.17, 15) is 14.7 Å². The average Bonchev–Trinajstić information content (AvgIpc) is 2.81. The molecule has 1 atom stereocenters. The van der Waals surface area contributed by atoms with Gasteiger partial charge in [-0.3, -0.25) is 9.78 Å². The van der Waals surface area contributed by atoms with E-state index in [2.05, 4.69) is 15.6 Å². The molecule has 1 aromatic heterocycles. The number of rotatable bonds is 10. The summed E-state index contributed by atoms with van der Waals surface area (Å²) in [7, 11) is 0. The van der Waals surface area contributed by atoms with E-state index in [1.807, 2.05) is 60.9 Å². The van der Waals surface area contributed by atoms with Gasteiger partial charge in [-0.1, -0.05) is 36.4 Å². The van der Waals surface area contributed by atoms with E-state index >= 15 is 0 Å². The van der Waals surface area contributed by atoms with Gasteiger partial charge in [0.2, 0.25) is 0 Å². The molecule has 0 fully saturated rings. The van der Waals surface area contributed by atoms with Crippen LogP contribution < -0.4 is 10.6 Å². The number of anilines is 1. The first-order chi connectivity index (χ1) is 15.1. The van der Waals surface area contributed by atoms with Gasteiger partial charge in [0, 0.05) is 24.5 Å². The number of benzene rings is 2. The van der Waals surface area contributed by atoms with Gasteiger partial charge in [-0.15, -0.1) is 0 Å². The standard InChI is InChI=1S/C24H25N3O3S/c1-31-13-11-22(24(29)30)27-23(28)20-10-9-17(15-26-19-8-5-12-25-16-19)14-21(20)18-6-3-2-4-7-18/h2-10,12,14,16,22,26H,11,13,15H2,1H3,(H,27,28)(H,29,30)/t22-/m1/s1. The summed E-state index contributed by atoms with van der Waals surface area (Å²) in [5.41, 5.74) is 4.01. The molecule has 3 aromatic rings. The third-order valence-corrected chi connectivity index (χ3v) is 5.43. The summed E-state index contributed by atoms with van der Waals surface area (Å²) in [6.45, 7) is 0.568. The van der Waals surface area contributed by atoms with Gasteiger partial charge in [-0.05, 0) is 59.4 Å². The summed E-state index contributed by atoms with van der Waals surface area (Å²) in [6.07, 6.45) is 5.75. The predicted octanol–water partition coefficient (Wildman–Crippen LogP) is 4.30. The van der Waals surface area contributed by atoms with Gasteiger partial charge in [-0.2, -0.15) is 11.8 Å². The Labute approximate surface area is 186 Å². The van der Waals surface area contributed by atoms with Crippen molar-refractivity contribution in [1.29, 1.82) is 0 Å². The van der Waals surface area contributed by atoms with Crippen molar-refractivity contribution in [1.82, 2.24) is 10.3 Å². The van der Waals surface area contributed by atoms with Crippen LogP contribution in [0.25, 0.3) is 11.1 Å². The molecule has 6 nitrogen and oxygen atoms in total. The number of thioether (sulfide) groups is 1. The van der Waals surface area contributed by atoms with Crippen molar-refractivity contribution >= 4 is 29.3 Å². The van der Waals surface area contributed by atoms with Crippen LogP contribution in [-0.2, 0) is 11.3 Å². The second kappa shape index (κ2) is 11.2. The Hall–Kier alpha value is -3.32. The van der Waals surface area contributed by atoms with Crippen LogP contribution >= 0.6 is 11.8 Å². The molecule has 31 heavy (non-hydrogen) atoms. The predicted molar refractivity (Wildman–Crippen MR) is 125 cm³/mol. The molecule has 0 radical (unpaired) electrons. The van der Waals surface area contributed by atoms with E-state index in [-0.39, 0.29) is 5.91 Å². The van der Waals surface area contributed by atoms with Crippen LogP contribution in [0.5, 0.6) is 0 Å². The largest absolute Gasteiger partial charge is 0.480 e. The molecular weight excluding hydrogens is 410 g/mol. The molecule has 3 rings (SSSR count). The van der Waals surface area contributed by atoms with Crippen LogP contribution in [0.15, 0.2) is 73.1 Å². The second-order valence-corrected chi connectivity index (χ2v) is 7.97. The van der Waals surface area contributed by atoms with Gasteiger partial charge in [0.05, 0.1) is 5.69 Å². The van der Waals surface area contributed by atoms with Crippen molar-refractivity contribution in [2.45, 2.75) is 19.0 Å². The molecule has 0 spiro atoms. The summed E-state index contributed by atoms with van der Waals surface area (Å²) in [6, 6.07) is 18.1. The molecule has 1 amide bonds. The van der Waals surface area contributed by atoms with Crippen molar-refractivity contribution in [3.63, 3.8) is 0 Å². The fourth-order valence-electron chi connectivity index (χ4n) is 3.16. The third kappa shape index (κ3) is 6.33. The minimum Gasteiger partial charge on any atom is -0.480 e. The van der Waals surface area contributed by atoms with Crippen LogP contribution in [0.2, 0.25) is 0 Å². The quantitative estimate of drug-likeness (QED) is 0.440. The van der Waals surface area contributed by atoms with E-state index in [4.69, 9.17) is 0 Å². The molecule has 0 bridgehead atoms. The van der Waals surface area contributed by atoms with Gasteiger partial charge in [0.1, 0.15) is 6.04 Å². The molecule has 0 unspecified atom stereocenters. The van der Waals surface area contributed by atoms with E-state index < -0.39 is 12.0 Å². The van der Waals surface area contributed by atoms with Crippen LogP contribution in [0.1, 0.15) is 22.3 Å². The lowest BCUT2D eigenvalue weighted by Crippen LogP contribution is -2.41. The molecule has 0 saturated carbocycles. The van der Waals surface area contributed by atoms with Crippen molar-refractivity contribution in [3.8, 4) is 11.1 Å². The summed E-state index contributed by atoms with van der Waals surface area (Å²) in [5, 5.41) is 15.5. The summed E-state index contributed by atoms with van der Waals surface area (Å²) in [5.74, 6) is -0.762. The highest BCUT2D eigenvalue weighted by atomic mass is 32.2. The normalized spacial score (nSPS) is 11.5. The van der Waals surface area contributed by atoms with E-state index in [0.717, 1.165) is 22.4 Å². The van der Waals surface area contributed by atoms with Gasteiger partial charge in [-0.25, -0.2) is 4.79 Å². The first-order valence-corrected chi connectivity index (χ1v) is 11.3. The van der Waals surface area contributed by atoms with Crippen molar-refractivity contribution in [3.05, 3.63) is 84.2 Å². The van der Waals surface area contributed by atoms with Crippen LogP contribution in [0.4, 0.5) is 5.69 Å². The smallest absolute Gasteiger partial charge is 0.326 e. The first-order valence-electron chi connectivity index (χ1n) is 9.93. The number of aliphatic carboxylic acids is 1. The molecule has 2 aromatic carbocycles. The van der Waals surface area contributed by atoms with E-state index in [0.29, 0.717) is 24.3 Å². The molecule has 160 valence electrons. The summed E-state index contributed by atoms with van der Waals surface area (Å²) < 4.78 is 0. The Morgan fingerprint density at radius 3 is 2.58 bits per heavy atom. The first kappa shape index (κ1) is 22.4. The molecular formula is C24H25N3O3S. The maximum atomic E-state index is 13.0. The third-order valence-electron chi connectivity index (χ3n) is 4.79. The second-order valence-electron chi connectivity index (χ2n) is 6.99. The fraction of sp³-hybridized carbons (Fsp3) is 0.208. The Bertz CT molecular complexity index is 1010. The number of pyridine rings is 1. The Balaban J connectivity index is 1.86. The number of hydrogen-bond donors (Lipinski definition) is 3. The topological polar surface area (TPSA) is 91.3 Å².